The predicted molar refractivity (Wildman–Crippen MR) is 97.3 cm³/mol. The second-order valence-electron chi connectivity index (χ2n) is 6.15. The van der Waals surface area contributed by atoms with Crippen molar-refractivity contribution >= 4 is 28.1 Å². The van der Waals surface area contributed by atoms with Gasteiger partial charge in [0.05, 0.1) is 30.1 Å². The van der Waals surface area contributed by atoms with Crippen molar-refractivity contribution in [3.63, 3.8) is 0 Å². The lowest BCUT2D eigenvalue weighted by Gasteiger charge is -2.30. The van der Waals surface area contributed by atoms with Crippen molar-refractivity contribution in [3.8, 4) is 0 Å². The van der Waals surface area contributed by atoms with Crippen molar-refractivity contribution in [3.05, 3.63) is 54.4 Å². The second kappa shape index (κ2) is 7.03. The molecule has 1 aromatic heterocycles. The van der Waals surface area contributed by atoms with Gasteiger partial charge in [-0.25, -0.2) is 9.97 Å². The Kier molecular flexibility index (Phi) is 4.57. The molecule has 3 aromatic rings. The van der Waals surface area contributed by atoms with E-state index in [1.807, 2.05) is 24.3 Å². The number of para-hydroxylation sites is 3. The number of benzene rings is 2. The Morgan fingerprint density at radius 2 is 1.63 bits per heavy atom. The average Bonchev–Trinajstić information content (AvgIpc) is 2.68. The van der Waals surface area contributed by atoms with Gasteiger partial charge in [-0.3, -0.25) is 0 Å². The highest BCUT2D eigenvalue weighted by Crippen LogP contribution is 2.34. The summed E-state index contributed by atoms with van der Waals surface area (Å²) in [7, 11) is 0. The van der Waals surface area contributed by atoms with Gasteiger partial charge in [-0.2, -0.15) is 13.2 Å². The highest BCUT2D eigenvalue weighted by Gasteiger charge is 2.35. The highest BCUT2D eigenvalue weighted by molar-refractivity contribution is 5.92. The van der Waals surface area contributed by atoms with Crippen LogP contribution >= 0.6 is 0 Å². The molecule has 0 amide bonds. The van der Waals surface area contributed by atoms with Gasteiger partial charge in [-0.1, -0.05) is 24.3 Å². The number of fused-ring (bicyclic) bond motifs is 1. The number of anilines is 3. The van der Waals surface area contributed by atoms with Gasteiger partial charge >= 0.3 is 6.18 Å². The van der Waals surface area contributed by atoms with Crippen LogP contribution in [-0.2, 0) is 10.9 Å². The molecule has 0 saturated carbocycles. The number of morpholine rings is 1. The summed E-state index contributed by atoms with van der Waals surface area (Å²) in [6, 6.07) is 14.1. The van der Waals surface area contributed by atoms with Gasteiger partial charge in [0, 0.05) is 18.5 Å². The third-order valence-corrected chi connectivity index (χ3v) is 4.37. The Labute approximate surface area is 153 Å². The van der Waals surface area contributed by atoms with Crippen LogP contribution in [0.15, 0.2) is 48.5 Å². The molecule has 140 valence electrons. The summed E-state index contributed by atoms with van der Waals surface area (Å²) in [5.41, 5.74) is 1.83. The van der Waals surface area contributed by atoms with E-state index in [4.69, 9.17) is 4.74 Å². The fraction of sp³-hybridized carbons (Fsp3) is 0.263. The molecular formula is C19H17F3N4O. The Bertz CT molecular complexity index is 955. The Balaban J connectivity index is 1.78. The maximum absolute atomic E-state index is 13.2. The van der Waals surface area contributed by atoms with Crippen molar-refractivity contribution in [2.24, 2.45) is 0 Å². The van der Waals surface area contributed by atoms with Crippen LogP contribution in [-0.4, -0.2) is 36.3 Å². The van der Waals surface area contributed by atoms with Gasteiger partial charge in [-0.05, 0) is 24.3 Å². The minimum absolute atomic E-state index is 0.133. The molecule has 0 spiro atoms. The van der Waals surface area contributed by atoms with Crippen LogP contribution < -0.4 is 10.2 Å². The molecule has 2 aromatic carbocycles. The molecule has 1 saturated heterocycles. The molecular weight excluding hydrogens is 357 g/mol. The quantitative estimate of drug-likeness (QED) is 0.744. The normalized spacial score (nSPS) is 15.1. The van der Waals surface area contributed by atoms with Crippen LogP contribution in [0.1, 0.15) is 5.82 Å². The largest absolute Gasteiger partial charge is 0.451 e. The van der Waals surface area contributed by atoms with Gasteiger partial charge in [0.25, 0.3) is 0 Å². The fourth-order valence-electron chi connectivity index (χ4n) is 3.09. The number of ether oxygens (including phenoxy) is 1. The zero-order valence-corrected chi connectivity index (χ0v) is 14.3. The highest BCUT2D eigenvalue weighted by atomic mass is 19.4. The molecule has 0 unspecified atom stereocenters. The van der Waals surface area contributed by atoms with Crippen LogP contribution in [0.4, 0.5) is 30.4 Å². The molecule has 1 aliphatic rings. The molecule has 1 N–H and O–H groups in total. The molecule has 1 aliphatic heterocycles. The molecule has 8 heteroatoms. The average molecular weight is 374 g/mol. The summed E-state index contributed by atoms with van der Waals surface area (Å²) in [5.74, 6) is -1.03. The third-order valence-electron chi connectivity index (χ3n) is 4.37. The smallest absolute Gasteiger partial charge is 0.378 e. The van der Waals surface area contributed by atoms with Crippen LogP contribution in [0.2, 0.25) is 0 Å². The summed E-state index contributed by atoms with van der Waals surface area (Å²) >= 11 is 0. The first-order chi connectivity index (χ1) is 13.0. The summed E-state index contributed by atoms with van der Waals surface area (Å²) in [6.45, 7) is 2.67. The molecule has 0 bridgehead atoms. The summed E-state index contributed by atoms with van der Waals surface area (Å²) < 4.78 is 45.1. The minimum Gasteiger partial charge on any atom is -0.378 e. The van der Waals surface area contributed by atoms with Crippen LogP contribution in [0.3, 0.4) is 0 Å². The number of alkyl halides is 3. The van der Waals surface area contributed by atoms with Crippen LogP contribution in [0.5, 0.6) is 0 Å². The summed E-state index contributed by atoms with van der Waals surface area (Å²) in [6.07, 6.45) is -4.62. The zero-order valence-electron chi connectivity index (χ0n) is 14.3. The third kappa shape index (κ3) is 3.66. The number of rotatable bonds is 3. The van der Waals surface area contributed by atoms with Gasteiger partial charge in [0.2, 0.25) is 5.82 Å². The Hall–Kier alpha value is -2.87. The Morgan fingerprint density at radius 1 is 0.926 bits per heavy atom. The molecule has 0 atom stereocenters. The number of hydrogen-bond donors (Lipinski definition) is 1. The van der Waals surface area contributed by atoms with Gasteiger partial charge in [0.15, 0.2) is 0 Å². The SMILES string of the molecule is FC(F)(F)c1nc(Nc2ccccc2N2CCOCC2)c2ccccc2n1. The lowest BCUT2D eigenvalue weighted by molar-refractivity contribution is -0.144. The van der Waals surface area contributed by atoms with E-state index in [-0.39, 0.29) is 11.3 Å². The number of aromatic nitrogens is 2. The summed E-state index contributed by atoms with van der Waals surface area (Å²) in [5, 5.41) is 3.62. The van der Waals surface area contributed by atoms with E-state index >= 15 is 0 Å². The van der Waals surface area contributed by atoms with E-state index < -0.39 is 12.0 Å². The lowest BCUT2D eigenvalue weighted by atomic mass is 10.2. The summed E-state index contributed by atoms with van der Waals surface area (Å²) in [4.78, 5) is 9.56. The lowest BCUT2D eigenvalue weighted by Crippen LogP contribution is -2.36. The second-order valence-corrected chi connectivity index (χ2v) is 6.15. The monoisotopic (exact) mass is 374 g/mol. The van der Waals surface area contributed by atoms with Crippen LogP contribution in [0.25, 0.3) is 10.9 Å². The topological polar surface area (TPSA) is 50.3 Å². The number of hydrogen-bond acceptors (Lipinski definition) is 5. The van der Waals surface area contributed by atoms with Crippen LogP contribution in [0, 0.1) is 0 Å². The number of nitrogens with one attached hydrogen (secondary N) is 1. The molecule has 5 nitrogen and oxygen atoms in total. The molecule has 1 fully saturated rings. The number of nitrogens with zero attached hydrogens (tertiary/aromatic N) is 3. The van der Waals surface area contributed by atoms with Gasteiger partial charge in [0.1, 0.15) is 5.82 Å². The van der Waals surface area contributed by atoms with E-state index in [0.717, 1.165) is 18.8 Å². The molecule has 0 radical (unpaired) electrons. The van der Waals surface area contributed by atoms with Crippen molar-refractivity contribution in [2.75, 3.05) is 36.5 Å². The molecule has 4 rings (SSSR count). The van der Waals surface area contributed by atoms with E-state index in [2.05, 4.69) is 20.2 Å². The molecule has 0 aliphatic carbocycles. The van der Waals surface area contributed by atoms with Crippen molar-refractivity contribution < 1.29 is 17.9 Å². The predicted octanol–water partition coefficient (Wildman–Crippen LogP) is 4.23. The van der Waals surface area contributed by atoms with Gasteiger partial charge in [-0.15, -0.1) is 0 Å². The van der Waals surface area contributed by atoms with Crippen molar-refractivity contribution in [1.82, 2.24) is 9.97 Å². The maximum Gasteiger partial charge on any atom is 0.451 e. The van der Waals surface area contributed by atoms with E-state index in [0.29, 0.717) is 24.3 Å². The first-order valence-corrected chi connectivity index (χ1v) is 8.55. The minimum atomic E-state index is -4.62. The van der Waals surface area contributed by atoms with E-state index in [1.54, 1.807) is 24.3 Å². The molecule has 27 heavy (non-hydrogen) atoms. The van der Waals surface area contributed by atoms with E-state index in [1.165, 1.54) is 0 Å². The Morgan fingerprint density at radius 3 is 2.41 bits per heavy atom. The first kappa shape index (κ1) is 17.5. The molecule has 2 heterocycles. The first-order valence-electron chi connectivity index (χ1n) is 8.55. The number of halogens is 3. The van der Waals surface area contributed by atoms with Crippen molar-refractivity contribution in [1.29, 1.82) is 0 Å². The standard InChI is InChI=1S/C19H17F3N4O/c20-19(21,22)18-24-14-6-2-1-5-13(14)17(25-18)23-15-7-3-4-8-16(15)26-9-11-27-12-10-26/h1-8H,9-12H2,(H,23,24,25). The maximum atomic E-state index is 13.2. The van der Waals surface area contributed by atoms with Gasteiger partial charge < -0.3 is 15.0 Å². The van der Waals surface area contributed by atoms with Crippen molar-refractivity contribution in [2.45, 2.75) is 6.18 Å². The fourth-order valence-corrected chi connectivity index (χ4v) is 3.09. The zero-order chi connectivity index (χ0) is 18.9. The van der Waals surface area contributed by atoms with E-state index in [9.17, 15) is 13.2 Å².